The maximum Gasteiger partial charge on any atom is 0.327 e. The van der Waals surface area contributed by atoms with E-state index in [-0.39, 0.29) is 55.3 Å². The molecule has 1 fully saturated rings. The van der Waals surface area contributed by atoms with Crippen molar-refractivity contribution in [3.8, 4) is 0 Å². The van der Waals surface area contributed by atoms with Crippen LogP contribution in [0.5, 0.6) is 0 Å². The fraction of sp³-hybridized carbons (Fsp3) is 0.514. The molecule has 5 amide bonds. The van der Waals surface area contributed by atoms with E-state index in [1.54, 1.807) is 24.3 Å². The summed E-state index contributed by atoms with van der Waals surface area (Å²) in [4.78, 5) is 89.2. The van der Waals surface area contributed by atoms with E-state index in [1.807, 2.05) is 44.4 Å². The number of carbonyl (C=O) groups excluding carboxylic acids is 4. The highest BCUT2D eigenvalue weighted by Crippen LogP contribution is 2.19. The quantitative estimate of drug-likeness (QED) is 0.0854. The Morgan fingerprint density at radius 1 is 0.727 bits per heavy atom. The van der Waals surface area contributed by atoms with Crippen LogP contribution in [0.1, 0.15) is 53.0 Å². The lowest BCUT2D eigenvalue weighted by atomic mass is 9.92. The van der Waals surface area contributed by atoms with Crippen LogP contribution in [0.2, 0.25) is 0 Å². The SMILES string of the molecule is CC(C)CC(NC(=O)Cc1ccc(NC(=O)Nc2ccc([N+](=O)[O-])cc2)cc1)C(=O)NC(CN1CCN(CC(NC(=O)CC(C)(C)C)C(=O)O)CC1)C(=O)O. The molecule has 18 heteroatoms. The van der Waals surface area contributed by atoms with Gasteiger partial charge in [-0.05, 0) is 47.6 Å². The van der Waals surface area contributed by atoms with Gasteiger partial charge in [0.1, 0.15) is 18.1 Å². The van der Waals surface area contributed by atoms with Gasteiger partial charge >= 0.3 is 18.0 Å². The summed E-state index contributed by atoms with van der Waals surface area (Å²) in [5, 5.41) is 43.6. The molecule has 2 aromatic rings. The molecule has 0 radical (unpaired) electrons. The molecule has 0 bridgehead atoms. The number of nitrogens with zero attached hydrogens (tertiary/aromatic N) is 3. The number of piperazine rings is 1. The summed E-state index contributed by atoms with van der Waals surface area (Å²) in [5.41, 5.74) is 0.958. The second kappa shape index (κ2) is 20.2. The monoisotopic (exact) mass is 768 g/mol. The Morgan fingerprint density at radius 3 is 1.62 bits per heavy atom. The standard InChI is InChI=1S/C37H52N8O10/c1-23(2)18-28(40-31(46)19-24-6-8-25(9-7-24)38-36(53)39-26-10-12-27(13-11-26)45(54)55)33(48)42-30(35(51)52)22-44-16-14-43(15-17-44)21-29(34(49)50)41-32(47)20-37(3,4)5/h6-13,23,28-30H,14-22H2,1-5H3,(H,40,46)(H,41,47)(H,42,48)(H,49,50)(H,51,52)(H2,38,39,53). The molecule has 3 unspecified atom stereocenters. The normalized spacial score (nSPS) is 15.2. The van der Waals surface area contributed by atoms with E-state index in [0.717, 1.165) is 0 Å². The second-order valence-electron chi connectivity index (χ2n) is 15.2. The molecule has 18 nitrogen and oxygen atoms in total. The summed E-state index contributed by atoms with van der Waals surface area (Å²) < 4.78 is 0. The van der Waals surface area contributed by atoms with Gasteiger partial charge in [-0.15, -0.1) is 0 Å². The van der Waals surface area contributed by atoms with Crippen molar-refractivity contribution in [3.05, 3.63) is 64.2 Å². The van der Waals surface area contributed by atoms with Gasteiger partial charge in [-0.1, -0.05) is 46.8 Å². The zero-order valence-corrected chi connectivity index (χ0v) is 31.8. The maximum atomic E-state index is 13.4. The number of aliphatic carboxylic acids is 2. The van der Waals surface area contributed by atoms with Gasteiger partial charge in [-0.25, -0.2) is 14.4 Å². The molecular weight excluding hydrogens is 716 g/mol. The summed E-state index contributed by atoms with van der Waals surface area (Å²) in [6.45, 7) is 11.2. The Morgan fingerprint density at radius 2 is 1.18 bits per heavy atom. The van der Waals surface area contributed by atoms with Gasteiger partial charge in [0.05, 0.1) is 11.3 Å². The summed E-state index contributed by atoms with van der Waals surface area (Å²) in [7, 11) is 0. The van der Waals surface area contributed by atoms with E-state index in [0.29, 0.717) is 43.1 Å². The van der Waals surface area contributed by atoms with Crippen LogP contribution >= 0.6 is 0 Å². The van der Waals surface area contributed by atoms with E-state index in [1.165, 1.54) is 24.3 Å². The molecule has 0 aliphatic carbocycles. The van der Waals surface area contributed by atoms with Crippen LogP contribution in [0.4, 0.5) is 21.9 Å². The minimum Gasteiger partial charge on any atom is -0.480 e. The molecule has 55 heavy (non-hydrogen) atoms. The van der Waals surface area contributed by atoms with Crippen LogP contribution < -0.4 is 26.6 Å². The number of anilines is 2. The fourth-order valence-corrected chi connectivity index (χ4v) is 5.84. The molecule has 1 heterocycles. The molecule has 1 saturated heterocycles. The number of amides is 5. The topological polar surface area (TPSA) is 253 Å². The van der Waals surface area contributed by atoms with Gasteiger partial charge in [-0.2, -0.15) is 0 Å². The van der Waals surface area contributed by atoms with Crippen molar-refractivity contribution < 1.29 is 43.9 Å². The van der Waals surface area contributed by atoms with Crippen molar-refractivity contribution in [2.45, 2.75) is 72.0 Å². The molecule has 3 atom stereocenters. The number of nitro benzene ring substituents is 1. The Balaban J connectivity index is 1.50. The number of nitro groups is 1. The number of carbonyl (C=O) groups is 6. The van der Waals surface area contributed by atoms with E-state index < -0.39 is 52.8 Å². The third-order valence-electron chi connectivity index (χ3n) is 8.56. The van der Waals surface area contributed by atoms with Crippen molar-refractivity contribution in [1.29, 1.82) is 0 Å². The number of hydrogen-bond acceptors (Lipinski definition) is 10. The average Bonchev–Trinajstić information content (AvgIpc) is 3.08. The summed E-state index contributed by atoms with van der Waals surface area (Å²) in [6, 6.07) is 7.82. The van der Waals surface area contributed by atoms with Crippen LogP contribution in [-0.2, 0) is 30.4 Å². The molecule has 7 N–H and O–H groups in total. The number of carboxylic acid groups (broad SMARTS) is 2. The average molecular weight is 769 g/mol. The van der Waals surface area contributed by atoms with E-state index >= 15 is 0 Å². The Hall–Kier alpha value is -5.62. The van der Waals surface area contributed by atoms with E-state index in [2.05, 4.69) is 26.6 Å². The first-order valence-corrected chi connectivity index (χ1v) is 18.0. The lowest BCUT2D eigenvalue weighted by molar-refractivity contribution is -0.384. The fourth-order valence-electron chi connectivity index (χ4n) is 5.84. The predicted molar refractivity (Wildman–Crippen MR) is 203 cm³/mol. The molecule has 0 aromatic heterocycles. The van der Waals surface area contributed by atoms with Crippen molar-refractivity contribution in [2.24, 2.45) is 11.3 Å². The molecule has 0 saturated carbocycles. The molecule has 0 spiro atoms. The van der Waals surface area contributed by atoms with Crippen LogP contribution in [0.3, 0.4) is 0 Å². The molecular formula is C37H52N8O10. The summed E-state index contributed by atoms with van der Waals surface area (Å²) >= 11 is 0. The number of rotatable bonds is 18. The highest BCUT2D eigenvalue weighted by atomic mass is 16.6. The second-order valence-corrected chi connectivity index (χ2v) is 15.2. The highest BCUT2D eigenvalue weighted by Gasteiger charge is 2.31. The van der Waals surface area contributed by atoms with E-state index in [4.69, 9.17) is 0 Å². The largest absolute Gasteiger partial charge is 0.480 e. The van der Waals surface area contributed by atoms with E-state index in [9.17, 15) is 49.1 Å². The first-order valence-electron chi connectivity index (χ1n) is 18.0. The van der Waals surface area contributed by atoms with Gasteiger partial charge in [0, 0.05) is 69.2 Å². The highest BCUT2D eigenvalue weighted by molar-refractivity contribution is 5.99. The Labute approximate surface area is 319 Å². The summed E-state index contributed by atoms with van der Waals surface area (Å²) in [5.74, 6) is -3.84. The third-order valence-corrected chi connectivity index (χ3v) is 8.56. The third kappa shape index (κ3) is 15.7. The molecule has 300 valence electrons. The number of urea groups is 1. The van der Waals surface area contributed by atoms with Gasteiger partial charge in [0.2, 0.25) is 17.7 Å². The smallest absolute Gasteiger partial charge is 0.327 e. The van der Waals surface area contributed by atoms with Crippen molar-refractivity contribution >= 4 is 52.8 Å². The van der Waals surface area contributed by atoms with Crippen LogP contribution in [0.25, 0.3) is 0 Å². The number of hydrogen-bond donors (Lipinski definition) is 7. The van der Waals surface area contributed by atoms with Gasteiger partial charge in [0.25, 0.3) is 5.69 Å². The molecule has 3 rings (SSSR count). The molecule has 1 aliphatic rings. The zero-order valence-electron chi connectivity index (χ0n) is 31.8. The minimum absolute atomic E-state index is 0.00573. The first-order chi connectivity index (χ1) is 25.8. The Bertz CT molecular complexity index is 1670. The lowest BCUT2D eigenvalue weighted by Crippen LogP contribution is -2.58. The number of non-ortho nitro benzene ring substituents is 1. The van der Waals surface area contributed by atoms with Gasteiger partial charge in [-0.3, -0.25) is 34.3 Å². The zero-order chi connectivity index (χ0) is 40.9. The van der Waals surface area contributed by atoms with Gasteiger partial charge < -0.3 is 36.8 Å². The van der Waals surface area contributed by atoms with Crippen molar-refractivity contribution in [1.82, 2.24) is 25.8 Å². The lowest BCUT2D eigenvalue weighted by Gasteiger charge is -2.37. The maximum absolute atomic E-state index is 13.4. The van der Waals surface area contributed by atoms with Crippen LogP contribution in [-0.4, -0.2) is 118 Å². The minimum atomic E-state index is -1.27. The van der Waals surface area contributed by atoms with Gasteiger partial charge in [0.15, 0.2) is 0 Å². The molecule has 2 aromatic carbocycles. The van der Waals surface area contributed by atoms with Crippen molar-refractivity contribution in [2.75, 3.05) is 49.9 Å². The van der Waals surface area contributed by atoms with Crippen LogP contribution in [0, 0.1) is 21.4 Å². The first kappa shape index (κ1) is 43.8. The Kier molecular flexibility index (Phi) is 16.1. The number of nitrogens with one attached hydrogen (secondary N) is 5. The summed E-state index contributed by atoms with van der Waals surface area (Å²) in [6.07, 6.45) is 0.347. The number of benzene rings is 2. The predicted octanol–water partition coefficient (Wildman–Crippen LogP) is 2.50. The number of carboxylic acids is 2. The van der Waals surface area contributed by atoms with Crippen molar-refractivity contribution in [3.63, 3.8) is 0 Å². The van der Waals surface area contributed by atoms with Crippen LogP contribution in [0.15, 0.2) is 48.5 Å². The molecule has 1 aliphatic heterocycles.